The summed E-state index contributed by atoms with van der Waals surface area (Å²) in [5, 5.41) is 9.37. The minimum absolute atomic E-state index is 0.125. The van der Waals surface area contributed by atoms with Gasteiger partial charge < -0.3 is 5.11 Å². The van der Waals surface area contributed by atoms with Gasteiger partial charge in [0.1, 0.15) is 0 Å². The van der Waals surface area contributed by atoms with Crippen LogP contribution in [0.1, 0.15) is 87.5 Å². The fraction of sp³-hybridized carbons (Fsp3) is 0.542. The van der Waals surface area contributed by atoms with E-state index >= 15 is 0 Å². The first-order valence-electron chi connectivity index (χ1n) is 10.7. The van der Waals surface area contributed by atoms with Crippen molar-refractivity contribution in [1.29, 1.82) is 0 Å². The molecule has 0 bridgehead atoms. The van der Waals surface area contributed by atoms with Crippen LogP contribution < -0.4 is 0 Å². The number of aromatic nitrogens is 2. The summed E-state index contributed by atoms with van der Waals surface area (Å²) in [6, 6.07) is 8.26. The van der Waals surface area contributed by atoms with Gasteiger partial charge in [-0.1, -0.05) is 83.6 Å². The third kappa shape index (κ3) is 6.43. The Labute approximate surface area is 169 Å². The van der Waals surface area contributed by atoms with E-state index in [0.717, 1.165) is 42.5 Å². The summed E-state index contributed by atoms with van der Waals surface area (Å²) >= 11 is 0. The zero-order valence-corrected chi connectivity index (χ0v) is 17.6. The number of unbranched alkanes of at least 4 members (excludes halogenated alkanes) is 5. The summed E-state index contributed by atoms with van der Waals surface area (Å²) in [4.78, 5) is 20.0. The number of rotatable bonds is 12. The van der Waals surface area contributed by atoms with E-state index in [0.29, 0.717) is 5.92 Å². The second-order valence-electron chi connectivity index (χ2n) is 7.77. The molecule has 0 unspecified atom stereocenters. The maximum Gasteiger partial charge on any atom is 0.373 e. The Bertz CT molecular complexity index is 758. The van der Waals surface area contributed by atoms with Crippen LogP contribution in [-0.4, -0.2) is 21.0 Å². The molecule has 0 saturated heterocycles. The highest BCUT2D eigenvalue weighted by Crippen LogP contribution is 2.28. The zero-order valence-electron chi connectivity index (χ0n) is 17.6. The molecule has 0 saturated carbocycles. The molecule has 0 spiro atoms. The molecule has 2 rings (SSSR count). The van der Waals surface area contributed by atoms with Crippen molar-refractivity contribution in [3.05, 3.63) is 47.4 Å². The number of carbonyl (C=O) groups is 1. The largest absolute Gasteiger partial charge is 0.475 e. The van der Waals surface area contributed by atoms with Crippen LogP contribution in [0.15, 0.2) is 30.5 Å². The van der Waals surface area contributed by atoms with Gasteiger partial charge in [-0.3, -0.25) is 0 Å². The second kappa shape index (κ2) is 11.6. The highest BCUT2D eigenvalue weighted by Gasteiger charge is 2.16. The standard InChI is InChI=1S/C24H34N2O2/c1-4-6-7-8-9-10-14-20-17-25-23(24(27)28)26-22(20)21-15-12-11-13-19(21)16-18(3)5-2/h11-13,15,17-18H,4-10,14,16H2,1-3H3,(H,27,28)/t18-/m0/s1. The van der Waals surface area contributed by atoms with Crippen LogP contribution in [0.25, 0.3) is 11.3 Å². The number of hydrogen-bond donors (Lipinski definition) is 1. The van der Waals surface area contributed by atoms with Crippen LogP contribution >= 0.6 is 0 Å². The highest BCUT2D eigenvalue weighted by molar-refractivity contribution is 5.84. The lowest BCUT2D eigenvalue weighted by Crippen LogP contribution is -2.09. The topological polar surface area (TPSA) is 63.1 Å². The van der Waals surface area contributed by atoms with Crippen molar-refractivity contribution in [3.8, 4) is 11.3 Å². The van der Waals surface area contributed by atoms with Crippen LogP contribution in [0, 0.1) is 5.92 Å². The molecule has 4 heteroatoms. The highest BCUT2D eigenvalue weighted by atomic mass is 16.4. The molecule has 1 aromatic carbocycles. The molecular formula is C24H34N2O2. The van der Waals surface area contributed by atoms with E-state index in [1.165, 1.54) is 37.7 Å². The molecule has 28 heavy (non-hydrogen) atoms. The van der Waals surface area contributed by atoms with Gasteiger partial charge in [0, 0.05) is 11.8 Å². The van der Waals surface area contributed by atoms with Gasteiger partial charge in [-0.2, -0.15) is 0 Å². The number of benzene rings is 1. The van der Waals surface area contributed by atoms with E-state index < -0.39 is 5.97 Å². The molecule has 0 radical (unpaired) electrons. The summed E-state index contributed by atoms with van der Waals surface area (Å²) in [6.45, 7) is 6.67. The fourth-order valence-electron chi connectivity index (χ4n) is 3.47. The lowest BCUT2D eigenvalue weighted by molar-refractivity contribution is 0.0683. The quantitative estimate of drug-likeness (QED) is 0.435. The van der Waals surface area contributed by atoms with E-state index in [4.69, 9.17) is 0 Å². The number of hydrogen-bond acceptors (Lipinski definition) is 3. The predicted octanol–water partition coefficient (Wildman–Crippen LogP) is 6.33. The normalized spacial score (nSPS) is 12.1. The van der Waals surface area contributed by atoms with E-state index in [2.05, 4.69) is 42.9 Å². The minimum atomic E-state index is -1.08. The van der Waals surface area contributed by atoms with Crippen LogP contribution in [-0.2, 0) is 12.8 Å². The Morgan fingerprint density at radius 3 is 2.46 bits per heavy atom. The van der Waals surface area contributed by atoms with Gasteiger partial charge in [0.15, 0.2) is 0 Å². The molecule has 4 nitrogen and oxygen atoms in total. The third-order valence-electron chi connectivity index (χ3n) is 5.39. The maximum absolute atomic E-state index is 11.4. The van der Waals surface area contributed by atoms with Crippen molar-refractivity contribution in [2.24, 2.45) is 5.92 Å². The van der Waals surface area contributed by atoms with Crippen molar-refractivity contribution in [1.82, 2.24) is 9.97 Å². The van der Waals surface area contributed by atoms with Gasteiger partial charge in [-0.15, -0.1) is 0 Å². The Morgan fingerprint density at radius 2 is 1.75 bits per heavy atom. The van der Waals surface area contributed by atoms with Crippen molar-refractivity contribution < 1.29 is 9.90 Å². The Balaban J connectivity index is 2.28. The molecule has 1 heterocycles. The van der Waals surface area contributed by atoms with E-state index in [1.54, 1.807) is 6.20 Å². The average Bonchev–Trinajstić information content (AvgIpc) is 2.71. The van der Waals surface area contributed by atoms with Crippen molar-refractivity contribution in [2.45, 2.75) is 78.6 Å². The molecule has 0 fully saturated rings. The molecule has 0 aliphatic rings. The fourth-order valence-corrected chi connectivity index (χ4v) is 3.47. The molecule has 0 aliphatic heterocycles. The second-order valence-corrected chi connectivity index (χ2v) is 7.77. The van der Waals surface area contributed by atoms with Gasteiger partial charge in [-0.25, -0.2) is 14.8 Å². The number of carboxylic acids is 1. The Morgan fingerprint density at radius 1 is 1.04 bits per heavy atom. The van der Waals surface area contributed by atoms with Gasteiger partial charge in [0.05, 0.1) is 5.69 Å². The molecule has 152 valence electrons. The maximum atomic E-state index is 11.4. The van der Waals surface area contributed by atoms with Crippen LogP contribution in [0.4, 0.5) is 0 Å². The Hall–Kier alpha value is -2.23. The first-order valence-corrected chi connectivity index (χ1v) is 10.7. The summed E-state index contributed by atoms with van der Waals surface area (Å²) in [5.41, 5.74) is 4.13. The minimum Gasteiger partial charge on any atom is -0.475 e. The lowest BCUT2D eigenvalue weighted by atomic mass is 9.91. The zero-order chi connectivity index (χ0) is 20.4. The third-order valence-corrected chi connectivity index (χ3v) is 5.39. The van der Waals surface area contributed by atoms with Gasteiger partial charge >= 0.3 is 5.97 Å². The predicted molar refractivity (Wildman–Crippen MR) is 115 cm³/mol. The van der Waals surface area contributed by atoms with Crippen LogP contribution in [0.3, 0.4) is 0 Å². The molecule has 1 atom stereocenters. The summed E-state index contributed by atoms with van der Waals surface area (Å²) in [6.07, 6.45) is 12.0. The molecule has 1 N–H and O–H groups in total. The number of aromatic carboxylic acids is 1. The average molecular weight is 383 g/mol. The number of aryl methyl sites for hydroxylation is 1. The van der Waals surface area contributed by atoms with Gasteiger partial charge in [0.2, 0.25) is 5.82 Å². The lowest BCUT2D eigenvalue weighted by Gasteiger charge is -2.16. The number of nitrogens with zero attached hydrogens (tertiary/aromatic N) is 2. The van der Waals surface area contributed by atoms with E-state index in [9.17, 15) is 9.90 Å². The first-order chi connectivity index (χ1) is 13.6. The van der Waals surface area contributed by atoms with Crippen LogP contribution in [0.5, 0.6) is 0 Å². The van der Waals surface area contributed by atoms with E-state index in [-0.39, 0.29) is 5.82 Å². The molecular weight excluding hydrogens is 348 g/mol. The van der Waals surface area contributed by atoms with Crippen molar-refractivity contribution in [2.75, 3.05) is 0 Å². The van der Waals surface area contributed by atoms with E-state index in [1.807, 2.05) is 12.1 Å². The summed E-state index contributed by atoms with van der Waals surface area (Å²) in [7, 11) is 0. The van der Waals surface area contributed by atoms with Gasteiger partial charge in [-0.05, 0) is 36.3 Å². The molecule has 0 aliphatic carbocycles. The monoisotopic (exact) mass is 382 g/mol. The van der Waals surface area contributed by atoms with Crippen molar-refractivity contribution in [3.63, 3.8) is 0 Å². The Kier molecular flexibility index (Phi) is 9.12. The van der Waals surface area contributed by atoms with Crippen LogP contribution in [0.2, 0.25) is 0 Å². The molecule has 2 aromatic rings. The summed E-state index contributed by atoms with van der Waals surface area (Å²) < 4.78 is 0. The van der Waals surface area contributed by atoms with Gasteiger partial charge in [0.25, 0.3) is 0 Å². The number of carboxylic acid groups (broad SMARTS) is 1. The van der Waals surface area contributed by atoms with Crippen molar-refractivity contribution >= 4 is 5.97 Å². The summed E-state index contributed by atoms with van der Waals surface area (Å²) in [5.74, 6) is -0.629. The smallest absolute Gasteiger partial charge is 0.373 e. The first kappa shape index (κ1) is 22.1. The molecule has 1 aromatic heterocycles. The molecule has 0 amide bonds. The SMILES string of the molecule is CCCCCCCCc1cnc(C(=O)O)nc1-c1ccccc1C[C@@H](C)CC.